The fraction of sp³-hybridized carbons (Fsp3) is 0.286. The highest BCUT2D eigenvalue weighted by Crippen LogP contribution is 2.26. The Morgan fingerprint density at radius 1 is 1.18 bits per heavy atom. The van der Waals surface area contributed by atoms with E-state index in [1.54, 1.807) is 7.11 Å². The maximum absolute atomic E-state index is 12.3. The molecule has 0 saturated heterocycles. The minimum Gasteiger partial charge on any atom is -0.497 e. The van der Waals surface area contributed by atoms with Gasteiger partial charge in [-0.3, -0.25) is 4.79 Å². The Hall–Kier alpha value is -2.80. The largest absolute Gasteiger partial charge is 0.497 e. The zero-order valence-electron chi connectivity index (χ0n) is 16.3. The van der Waals surface area contributed by atoms with E-state index >= 15 is 0 Å². The average Bonchev–Trinajstić information content (AvgIpc) is 3.13. The van der Waals surface area contributed by atoms with Gasteiger partial charge < -0.3 is 14.6 Å². The number of nitrogens with one attached hydrogen (secondary N) is 1. The SMILES string of the molecule is CCn1c(SCC(=O)NCc2cccc(OC)c2)nnc1-c1ccccc1C. The van der Waals surface area contributed by atoms with Gasteiger partial charge in [-0.25, -0.2) is 0 Å². The molecule has 1 aromatic heterocycles. The molecule has 3 aromatic rings. The van der Waals surface area contributed by atoms with Crippen LogP contribution < -0.4 is 10.1 Å². The third-order valence-corrected chi connectivity index (χ3v) is 5.34. The molecule has 0 unspecified atom stereocenters. The van der Waals surface area contributed by atoms with Gasteiger partial charge in [0.25, 0.3) is 0 Å². The van der Waals surface area contributed by atoms with E-state index in [1.807, 2.05) is 47.0 Å². The zero-order chi connectivity index (χ0) is 19.9. The first kappa shape index (κ1) is 19.9. The number of nitrogens with zero attached hydrogens (tertiary/aromatic N) is 3. The minimum atomic E-state index is -0.0454. The molecule has 0 bridgehead atoms. The van der Waals surface area contributed by atoms with Crippen LogP contribution in [-0.4, -0.2) is 33.5 Å². The maximum atomic E-state index is 12.3. The molecule has 0 spiro atoms. The van der Waals surface area contributed by atoms with Gasteiger partial charge in [-0.15, -0.1) is 10.2 Å². The average molecular weight is 397 g/mol. The van der Waals surface area contributed by atoms with Gasteiger partial charge in [0.2, 0.25) is 5.91 Å². The van der Waals surface area contributed by atoms with Crippen LogP contribution in [0.2, 0.25) is 0 Å². The van der Waals surface area contributed by atoms with Crippen LogP contribution in [0.5, 0.6) is 5.75 Å². The lowest BCUT2D eigenvalue weighted by Crippen LogP contribution is -2.24. The second-order valence-corrected chi connectivity index (χ2v) is 7.22. The molecule has 3 rings (SSSR count). The van der Waals surface area contributed by atoms with Crippen LogP contribution in [0, 0.1) is 6.92 Å². The molecule has 146 valence electrons. The van der Waals surface area contributed by atoms with Gasteiger partial charge in [-0.2, -0.15) is 0 Å². The number of carbonyl (C=O) groups excluding carboxylic acids is 1. The molecule has 0 aliphatic rings. The van der Waals surface area contributed by atoms with Crippen molar-refractivity contribution < 1.29 is 9.53 Å². The molecule has 0 fully saturated rings. The quantitative estimate of drug-likeness (QED) is 0.588. The number of hydrogen-bond donors (Lipinski definition) is 1. The van der Waals surface area contributed by atoms with Crippen LogP contribution in [0.3, 0.4) is 0 Å². The van der Waals surface area contributed by atoms with Crippen molar-refractivity contribution in [2.45, 2.75) is 32.1 Å². The molecule has 0 aliphatic carbocycles. The normalized spacial score (nSPS) is 10.7. The van der Waals surface area contributed by atoms with E-state index in [0.717, 1.165) is 40.0 Å². The van der Waals surface area contributed by atoms with Crippen LogP contribution in [-0.2, 0) is 17.9 Å². The summed E-state index contributed by atoms with van der Waals surface area (Å²) in [5.41, 5.74) is 3.21. The summed E-state index contributed by atoms with van der Waals surface area (Å²) >= 11 is 1.40. The third-order valence-electron chi connectivity index (χ3n) is 4.38. The van der Waals surface area contributed by atoms with Gasteiger partial charge in [0.05, 0.1) is 12.9 Å². The Kier molecular flexibility index (Phi) is 6.71. The van der Waals surface area contributed by atoms with Crippen molar-refractivity contribution in [3.05, 3.63) is 59.7 Å². The molecular weight excluding hydrogens is 372 g/mol. The molecule has 2 aromatic carbocycles. The summed E-state index contributed by atoms with van der Waals surface area (Å²) in [5, 5.41) is 12.3. The first-order valence-electron chi connectivity index (χ1n) is 9.14. The Morgan fingerprint density at radius 3 is 2.75 bits per heavy atom. The first-order chi connectivity index (χ1) is 13.6. The standard InChI is InChI=1S/C21H24N4O2S/c1-4-25-20(18-11-6-5-8-15(18)2)23-24-21(25)28-14-19(26)22-13-16-9-7-10-17(12-16)27-3/h5-12H,4,13-14H2,1-3H3,(H,22,26). The highest BCUT2D eigenvalue weighted by atomic mass is 32.2. The second kappa shape index (κ2) is 9.41. The van der Waals surface area contributed by atoms with E-state index in [2.05, 4.69) is 35.4 Å². The van der Waals surface area contributed by atoms with Crippen molar-refractivity contribution >= 4 is 17.7 Å². The Labute approximate surface area is 169 Å². The first-order valence-corrected chi connectivity index (χ1v) is 10.1. The van der Waals surface area contributed by atoms with Crippen LogP contribution in [0.15, 0.2) is 53.7 Å². The Balaban J connectivity index is 1.61. The molecule has 1 heterocycles. The summed E-state index contributed by atoms with van der Waals surface area (Å²) in [6, 6.07) is 15.8. The molecule has 0 radical (unpaired) electrons. The minimum absolute atomic E-state index is 0.0454. The van der Waals surface area contributed by atoms with Gasteiger partial charge in [-0.05, 0) is 37.1 Å². The fourth-order valence-electron chi connectivity index (χ4n) is 2.87. The monoisotopic (exact) mass is 396 g/mol. The second-order valence-electron chi connectivity index (χ2n) is 6.28. The van der Waals surface area contributed by atoms with Crippen molar-refractivity contribution in [2.75, 3.05) is 12.9 Å². The van der Waals surface area contributed by atoms with Crippen LogP contribution in [0.1, 0.15) is 18.1 Å². The van der Waals surface area contributed by atoms with E-state index < -0.39 is 0 Å². The van der Waals surface area contributed by atoms with Gasteiger partial charge in [-0.1, -0.05) is 48.2 Å². The summed E-state index contributed by atoms with van der Waals surface area (Å²) < 4.78 is 7.25. The zero-order valence-corrected chi connectivity index (χ0v) is 17.1. The predicted octanol–water partition coefficient (Wildman–Crippen LogP) is 3.69. The Morgan fingerprint density at radius 2 is 2.00 bits per heavy atom. The lowest BCUT2D eigenvalue weighted by atomic mass is 10.1. The smallest absolute Gasteiger partial charge is 0.230 e. The molecule has 1 N–H and O–H groups in total. The molecule has 0 aliphatic heterocycles. The van der Waals surface area contributed by atoms with E-state index in [0.29, 0.717) is 6.54 Å². The van der Waals surface area contributed by atoms with Crippen LogP contribution in [0.25, 0.3) is 11.4 Å². The summed E-state index contributed by atoms with van der Waals surface area (Å²) in [7, 11) is 1.63. The fourth-order valence-corrected chi connectivity index (χ4v) is 3.70. The van der Waals surface area contributed by atoms with Crippen molar-refractivity contribution in [1.82, 2.24) is 20.1 Å². The van der Waals surface area contributed by atoms with Crippen molar-refractivity contribution in [2.24, 2.45) is 0 Å². The third kappa shape index (κ3) is 4.72. The number of aromatic nitrogens is 3. The molecule has 0 saturated carbocycles. The molecule has 6 nitrogen and oxygen atoms in total. The number of hydrogen-bond acceptors (Lipinski definition) is 5. The number of carbonyl (C=O) groups is 1. The number of rotatable bonds is 8. The number of methoxy groups -OCH3 is 1. The topological polar surface area (TPSA) is 69.0 Å². The number of aryl methyl sites for hydroxylation is 1. The lowest BCUT2D eigenvalue weighted by molar-refractivity contribution is -0.118. The van der Waals surface area contributed by atoms with E-state index in [4.69, 9.17) is 4.74 Å². The molecule has 1 amide bonds. The number of thioether (sulfide) groups is 1. The van der Waals surface area contributed by atoms with E-state index in [1.165, 1.54) is 11.8 Å². The predicted molar refractivity (Wildman–Crippen MR) is 111 cm³/mol. The van der Waals surface area contributed by atoms with Gasteiger partial charge in [0.1, 0.15) is 5.75 Å². The summed E-state index contributed by atoms with van der Waals surface area (Å²) in [4.78, 5) is 12.3. The molecule has 28 heavy (non-hydrogen) atoms. The maximum Gasteiger partial charge on any atom is 0.230 e. The van der Waals surface area contributed by atoms with Crippen molar-refractivity contribution in [3.8, 4) is 17.1 Å². The number of ether oxygens (including phenoxy) is 1. The van der Waals surface area contributed by atoms with E-state index in [-0.39, 0.29) is 11.7 Å². The molecular formula is C21H24N4O2S. The van der Waals surface area contributed by atoms with Crippen LogP contribution >= 0.6 is 11.8 Å². The van der Waals surface area contributed by atoms with E-state index in [9.17, 15) is 4.79 Å². The van der Waals surface area contributed by atoms with Crippen LogP contribution in [0.4, 0.5) is 0 Å². The van der Waals surface area contributed by atoms with Crippen molar-refractivity contribution in [1.29, 1.82) is 0 Å². The van der Waals surface area contributed by atoms with Gasteiger partial charge >= 0.3 is 0 Å². The number of amides is 1. The summed E-state index contributed by atoms with van der Waals surface area (Å²) in [6.07, 6.45) is 0. The highest BCUT2D eigenvalue weighted by molar-refractivity contribution is 7.99. The van der Waals surface area contributed by atoms with Crippen molar-refractivity contribution in [3.63, 3.8) is 0 Å². The van der Waals surface area contributed by atoms with Gasteiger partial charge in [0, 0.05) is 18.7 Å². The van der Waals surface area contributed by atoms with Gasteiger partial charge in [0.15, 0.2) is 11.0 Å². The lowest BCUT2D eigenvalue weighted by Gasteiger charge is -2.09. The molecule has 0 atom stereocenters. The summed E-state index contributed by atoms with van der Waals surface area (Å²) in [5.74, 6) is 1.85. The highest BCUT2D eigenvalue weighted by Gasteiger charge is 2.15. The Bertz CT molecular complexity index is 955. The molecule has 7 heteroatoms. The number of benzene rings is 2. The summed E-state index contributed by atoms with van der Waals surface area (Å²) in [6.45, 7) is 5.32.